The van der Waals surface area contributed by atoms with Crippen molar-refractivity contribution < 1.29 is 18.9 Å². The number of nitrogens with zero attached hydrogens (tertiary/aromatic N) is 3. The van der Waals surface area contributed by atoms with E-state index < -0.39 is 23.9 Å². The van der Waals surface area contributed by atoms with E-state index in [-0.39, 0.29) is 12.2 Å². The molecule has 1 aromatic carbocycles. The predicted molar refractivity (Wildman–Crippen MR) is 124 cm³/mol. The van der Waals surface area contributed by atoms with Gasteiger partial charge in [0, 0.05) is 41.7 Å². The highest BCUT2D eigenvalue weighted by molar-refractivity contribution is 8.00. The van der Waals surface area contributed by atoms with Crippen molar-refractivity contribution in [1.29, 1.82) is 0 Å². The fraction of sp³-hybridized carbons (Fsp3) is 0.348. The Morgan fingerprint density at radius 1 is 1.12 bits per heavy atom. The number of benzene rings is 1. The van der Waals surface area contributed by atoms with Crippen molar-refractivity contribution in [2.45, 2.75) is 41.0 Å². The van der Waals surface area contributed by atoms with Crippen molar-refractivity contribution in [3.05, 3.63) is 71.9 Å². The minimum Gasteiger partial charge on any atom is -0.376 e. The molecule has 5 rings (SSSR count). The third-order valence-electron chi connectivity index (χ3n) is 5.64. The topological polar surface area (TPSA) is 102 Å². The molecule has 6 atom stereocenters. The van der Waals surface area contributed by atoms with Gasteiger partial charge >= 0.3 is 0 Å². The van der Waals surface area contributed by atoms with Crippen LogP contribution in [0.2, 0.25) is 5.02 Å². The highest BCUT2D eigenvalue weighted by Gasteiger charge is 2.49. The number of aromatic nitrogens is 3. The fourth-order valence-corrected chi connectivity index (χ4v) is 5.62. The van der Waals surface area contributed by atoms with Gasteiger partial charge in [0.25, 0.3) is 0 Å². The van der Waals surface area contributed by atoms with Crippen LogP contribution in [-0.4, -0.2) is 58.5 Å². The van der Waals surface area contributed by atoms with E-state index in [0.717, 1.165) is 16.0 Å². The van der Waals surface area contributed by atoms with Gasteiger partial charge in [0.15, 0.2) is 6.29 Å². The molecule has 8 nitrogen and oxygen atoms in total. The second-order valence-electron chi connectivity index (χ2n) is 7.74. The maximum Gasteiger partial charge on any atom is 0.184 e. The van der Waals surface area contributed by atoms with E-state index in [2.05, 4.69) is 15.0 Å². The van der Waals surface area contributed by atoms with Gasteiger partial charge < -0.3 is 24.7 Å². The smallest absolute Gasteiger partial charge is 0.184 e. The number of fused-ring (bicyclic) bond motifs is 1. The molecule has 10 heteroatoms. The summed E-state index contributed by atoms with van der Waals surface area (Å²) in [6.45, 7) is 0.360. The molecule has 0 amide bonds. The van der Waals surface area contributed by atoms with Crippen LogP contribution in [0.1, 0.15) is 11.9 Å². The first-order valence-electron chi connectivity index (χ1n) is 10.5. The van der Waals surface area contributed by atoms with Crippen molar-refractivity contribution >= 4 is 23.4 Å². The van der Waals surface area contributed by atoms with Crippen LogP contribution in [0.4, 0.5) is 0 Å². The highest BCUT2D eigenvalue weighted by atomic mass is 35.5. The molecular formula is C23H23ClN4O4S. The lowest BCUT2D eigenvalue weighted by molar-refractivity contribution is -0.298. The number of thioether (sulfide) groups is 1. The minimum atomic E-state index is -0.495. The first-order chi connectivity index (χ1) is 16.1. The number of rotatable bonds is 5. The molecule has 3 aromatic rings. The van der Waals surface area contributed by atoms with Gasteiger partial charge in [-0.1, -0.05) is 53.7 Å². The summed E-state index contributed by atoms with van der Waals surface area (Å²) in [5.74, 6) is 0. The molecular weight excluding hydrogens is 464 g/mol. The van der Waals surface area contributed by atoms with Crippen LogP contribution in [0.3, 0.4) is 0 Å². The number of hydrogen-bond acceptors (Lipinski definition) is 9. The van der Waals surface area contributed by atoms with E-state index in [4.69, 9.17) is 36.3 Å². The molecule has 4 heterocycles. The summed E-state index contributed by atoms with van der Waals surface area (Å²) in [5, 5.41) is 0.514. The Labute approximate surface area is 200 Å². The molecule has 2 N–H and O–H groups in total. The van der Waals surface area contributed by atoms with Gasteiger partial charge in [0.1, 0.15) is 30.1 Å². The van der Waals surface area contributed by atoms with Crippen LogP contribution >= 0.6 is 23.4 Å². The van der Waals surface area contributed by atoms with E-state index in [9.17, 15) is 0 Å². The van der Waals surface area contributed by atoms with Crippen LogP contribution in [0.5, 0.6) is 0 Å². The first-order valence-corrected chi connectivity index (χ1v) is 11.7. The van der Waals surface area contributed by atoms with Gasteiger partial charge in [-0.25, -0.2) is 9.97 Å². The molecule has 0 aliphatic carbocycles. The Bertz CT molecular complexity index is 1080. The lowest BCUT2D eigenvalue weighted by Gasteiger charge is -2.48. The lowest BCUT2D eigenvalue weighted by atomic mass is 9.97. The van der Waals surface area contributed by atoms with Gasteiger partial charge in [0.05, 0.1) is 23.4 Å². The number of ether oxygens (including phenoxy) is 4. The van der Waals surface area contributed by atoms with Crippen LogP contribution in [0, 0.1) is 0 Å². The number of methoxy groups -OCH3 is 1. The quantitative estimate of drug-likeness (QED) is 0.580. The summed E-state index contributed by atoms with van der Waals surface area (Å²) in [7, 11) is 1.62. The van der Waals surface area contributed by atoms with E-state index >= 15 is 0 Å². The fourth-order valence-electron chi connectivity index (χ4n) is 4.04. The molecule has 2 aromatic heterocycles. The SMILES string of the molecule is COC1C(Sc2cc(Cl)cnc2-c2cncnc2)OC2COC(c3ccccc3)OC2C1N. The van der Waals surface area contributed by atoms with Crippen LogP contribution < -0.4 is 5.73 Å². The van der Waals surface area contributed by atoms with Gasteiger partial charge in [-0.05, 0) is 6.07 Å². The molecule has 0 saturated carbocycles. The Morgan fingerprint density at radius 2 is 1.91 bits per heavy atom. The highest BCUT2D eigenvalue weighted by Crippen LogP contribution is 2.41. The van der Waals surface area contributed by atoms with Crippen molar-refractivity contribution in [1.82, 2.24) is 15.0 Å². The molecule has 2 saturated heterocycles. The molecule has 2 aliphatic rings. The Balaban J connectivity index is 1.38. The Kier molecular flexibility index (Phi) is 6.89. The summed E-state index contributed by atoms with van der Waals surface area (Å²) in [6.07, 6.45) is 4.86. The number of hydrogen-bond donors (Lipinski definition) is 1. The van der Waals surface area contributed by atoms with Gasteiger partial charge in [-0.3, -0.25) is 4.98 Å². The molecule has 2 aliphatic heterocycles. The van der Waals surface area contributed by atoms with Crippen LogP contribution in [0.15, 0.2) is 66.2 Å². The zero-order chi connectivity index (χ0) is 22.8. The van der Waals surface area contributed by atoms with Gasteiger partial charge in [-0.15, -0.1) is 0 Å². The van der Waals surface area contributed by atoms with Gasteiger partial charge in [-0.2, -0.15) is 0 Å². The first kappa shape index (κ1) is 22.7. The van der Waals surface area contributed by atoms with Crippen molar-refractivity contribution in [3.63, 3.8) is 0 Å². The second-order valence-corrected chi connectivity index (χ2v) is 9.32. The lowest BCUT2D eigenvalue weighted by Crippen LogP contribution is -2.64. The minimum absolute atomic E-state index is 0.334. The van der Waals surface area contributed by atoms with Crippen LogP contribution in [0.25, 0.3) is 11.3 Å². The molecule has 0 radical (unpaired) electrons. The summed E-state index contributed by atoms with van der Waals surface area (Å²) < 4.78 is 24.4. The Hall–Kier alpha value is -2.11. The second kappa shape index (κ2) is 10.0. The van der Waals surface area contributed by atoms with Crippen LogP contribution in [-0.2, 0) is 18.9 Å². The predicted octanol–water partition coefficient (Wildman–Crippen LogP) is 3.47. The normalized spacial score (nSPS) is 29.4. The molecule has 0 bridgehead atoms. The zero-order valence-electron chi connectivity index (χ0n) is 17.8. The molecule has 6 unspecified atom stereocenters. The third kappa shape index (κ3) is 4.76. The average Bonchev–Trinajstić information content (AvgIpc) is 2.85. The summed E-state index contributed by atoms with van der Waals surface area (Å²) in [4.78, 5) is 13.5. The number of nitrogens with two attached hydrogens (primary N) is 1. The summed E-state index contributed by atoms with van der Waals surface area (Å²) in [5.41, 5.74) is 8.65. The maximum atomic E-state index is 6.65. The largest absolute Gasteiger partial charge is 0.376 e. The molecule has 2 fully saturated rings. The molecule has 172 valence electrons. The molecule has 0 spiro atoms. The van der Waals surface area contributed by atoms with Crippen molar-refractivity contribution in [3.8, 4) is 11.3 Å². The van der Waals surface area contributed by atoms with E-state index in [0.29, 0.717) is 17.3 Å². The average molecular weight is 487 g/mol. The third-order valence-corrected chi connectivity index (χ3v) is 7.02. The van der Waals surface area contributed by atoms with Crippen molar-refractivity contribution in [2.24, 2.45) is 5.73 Å². The summed E-state index contributed by atoms with van der Waals surface area (Å²) in [6, 6.07) is 11.2. The zero-order valence-corrected chi connectivity index (χ0v) is 19.4. The van der Waals surface area contributed by atoms with Crippen molar-refractivity contribution in [2.75, 3.05) is 13.7 Å². The monoisotopic (exact) mass is 486 g/mol. The van der Waals surface area contributed by atoms with E-state index in [1.807, 2.05) is 36.4 Å². The number of halogens is 1. The van der Waals surface area contributed by atoms with Gasteiger partial charge in [0.2, 0.25) is 0 Å². The molecule has 33 heavy (non-hydrogen) atoms. The number of pyridine rings is 1. The maximum absolute atomic E-state index is 6.65. The summed E-state index contributed by atoms with van der Waals surface area (Å²) >= 11 is 7.71. The van der Waals surface area contributed by atoms with E-state index in [1.165, 1.54) is 18.1 Å². The van der Waals surface area contributed by atoms with E-state index in [1.54, 1.807) is 25.7 Å². The standard InChI is InChI=1S/C23H23ClN4O4S/c1-29-21-18(25)20-16(11-30-22(32-20)13-5-3-2-4-6-13)31-23(21)33-17-7-15(24)10-28-19(17)14-8-26-12-27-9-14/h2-10,12,16,18,20-23H,11,25H2,1H3. The Morgan fingerprint density at radius 3 is 2.67 bits per heavy atom.